The van der Waals surface area contributed by atoms with Crippen LogP contribution >= 0.6 is 24.8 Å². The molecule has 4 heterocycles. The van der Waals surface area contributed by atoms with E-state index < -0.39 is 0 Å². The second-order valence-electron chi connectivity index (χ2n) is 7.37. The Kier molecular flexibility index (Phi) is 7.30. The number of aromatic amines is 1. The van der Waals surface area contributed by atoms with Gasteiger partial charge < -0.3 is 20.4 Å². The predicted octanol–water partition coefficient (Wildman–Crippen LogP) is 3.03. The van der Waals surface area contributed by atoms with Gasteiger partial charge in [0.2, 0.25) is 0 Å². The number of nitrogens with one attached hydrogen (secondary N) is 3. The minimum absolute atomic E-state index is 0. The van der Waals surface area contributed by atoms with Crippen LogP contribution in [0.4, 0.5) is 5.69 Å². The number of aromatic nitrogens is 5. The molecule has 3 aromatic rings. The molecular weight excluding hydrogens is 429 g/mol. The van der Waals surface area contributed by atoms with Gasteiger partial charge in [0.1, 0.15) is 11.9 Å². The number of piperidine rings is 1. The molecule has 1 unspecified atom stereocenters. The van der Waals surface area contributed by atoms with Crippen molar-refractivity contribution in [1.29, 1.82) is 0 Å². The van der Waals surface area contributed by atoms with E-state index in [4.69, 9.17) is 4.74 Å². The van der Waals surface area contributed by atoms with E-state index in [-0.39, 0.29) is 36.8 Å². The highest BCUT2D eigenvalue weighted by Gasteiger charge is 2.22. The molecular formula is C19H25Cl2N7O2. The third-order valence-corrected chi connectivity index (χ3v) is 5.42. The summed E-state index contributed by atoms with van der Waals surface area (Å²) in [6.45, 7) is 2.70. The van der Waals surface area contributed by atoms with Gasteiger partial charge in [-0.05, 0) is 57.0 Å². The van der Waals surface area contributed by atoms with E-state index in [1.165, 1.54) is 0 Å². The number of nitrogens with zero attached hydrogens (tertiary/aromatic N) is 4. The maximum atomic E-state index is 12.6. The van der Waals surface area contributed by atoms with E-state index >= 15 is 0 Å². The number of carbonyl (C=O) groups is 1. The number of amides is 1. The molecule has 2 aliphatic heterocycles. The summed E-state index contributed by atoms with van der Waals surface area (Å²) in [5, 5.41) is 14.4. The van der Waals surface area contributed by atoms with Crippen molar-refractivity contribution in [2.24, 2.45) is 0 Å². The fourth-order valence-corrected chi connectivity index (χ4v) is 3.88. The summed E-state index contributed by atoms with van der Waals surface area (Å²) in [7, 11) is 0. The number of anilines is 1. The summed E-state index contributed by atoms with van der Waals surface area (Å²) in [6, 6.07) is 5.92. The van der Waals surface area contributed by atoms with E-state index in [0.717, 1.165) is 62.2 Å². The summed E-state index contributed by atoms with van der Waals surface area (Å²) in [4.78, 5) is 20.5. The van der Waals surface area contributed by atoms with Crippen molar-refractivity contribution < 1.29 is 9.53 Å². The number of ether oxygens (including phenoxy) is 1. The van der Waals surface area contributed by atoms with Crippen molar-refractivity contribution in [1.82, 2.24) is 30.3 Å². The van der Waals surface area contributed by atoms with E-state index in [1.54, 1.807) is 6.20 Å². The highest BCUT2D eigenvalue weighted by Crippen LogP contribution is 2.28. The third-order valence-electron chi connectivity index (χ3n) is 5.42. The molecule has 2 saturated heterocycles. The largest absolute Gasteiger partial charge is 0.370 e. The monoisotopic (exact) mass is 453 g/mol. The van der Waals surface area contributed by atoms with E-state index in [0.29, 0.717) is 17.4 Å². The van der Waals surface area contributed by atoms with Crippen LogP contribution in [0.3, 0.4) is 0 Å². The van der Waals surface area contributed by atoms with Gasteiger partial charge in [-0.25, -0.2) is 9.67 Å². The molecule has 5 rings (SSSR count). The van der Waals surface area contributed by atoms with Crippen molar-refractivity contribution in [3.05, 3.63) is 35.9 Å². The van der Waals surface area contributed by atoms with Gasteiger partial charge in [0, 0.05) is 12.3 Å². The summed E-state index contributed by atoms with van der Waals surface area (Å²) in [5.74, 6) is 0.583. The van der Waals surface area contributed by atoms with E-state index in [2.05, 4.69) is 30.9 Å². The molecule has 1 amide bonds. The highest BCUT2D eigenvalue weighted by molar-refractivity contribution is 6.03. The summed E-state index contributed by atoms with van der Waals surface area (Å²) < 4.78 is 7.50. The number of hydrogen-bond donors (Lipinski definition) is 3. The smallest absolute Gasteiger partial charge is 0.277 e. The number of fused-ring (bicyclic) bond motifs is 1. The lowest BCUT2D eigenvalue weighted by molar-refractivity contribution is 0.102. The van der Waals surface area contributed by atoms with Crippen molar-refractivity contribution in [3.63, 3.8) is 0 Å². The molecule has 9 nitrogen and oxygen atoms in total. The number of imidazole rings is 1. The molecule has 2 fully saturated rings. The topological polar surface area (TPSA) is 110 Å². The molecule has 2 aliphatic rings. The molecule has 0 saturated carbocycles. The number of rotatable bonds is 4. The Hall–Kier alpha value is -2.20. The van der Waals surface area contributed by atoms with Crippen molar-refractivity contribution >= 4 is 47.4 Å². The molecule has 2 aromatic heterocycles. The second-order valence-corrected chi connectivity index (χ2v) is 7.37. The van der Waals surface area contributed by atoms with Crippen molar-refractivity contribution in [2.45, 2.75) is 37.8 Å². The van der Waals surface area contributed by atoms with Gasteiger partial charge >= 0.3 is 0 Å². The Labute approximate surface area is 186 Å². The Morgan fingerprint density at radius 2 is 2.03 bits per heavy atom. The minimum atomic E-state index is -0.265. The molecule has 162 valence electrons. The van der Waals surface area contributed by atoms with Gasteiger partial charge in [-0.1, -0.05) is 5.21 Å². The van der Waals surface area contributed by atoms with Crippen molar-refractivity contribution in [2.75, 3.05) is 25.0 Å². The van der Waals surface area contributed by atoms with Crippen LogP contribution in [0.25, 0.3) is 11.0 Å². The first-order valence-electron chi connectivity index (χ1n) is 9.81. The number of hydrogen-bond acceptors (Lipinski definition) is 6. The van der Waals surface area contributed by atoms with Crippen LogP contribution in [0, 0.1) is 0 Å². The average Bonchev–Trinajstić information content (AvgIpc) is 3.47. The van der Waals surface area contributed by atoms with Gasteiger partial charge in [-0.3, -0.25) is 4.79 Å². The van der Waals surface area contributed by atoms with Gasteiger partial charge in [0.25, 0.3) is 5.91 Å². The molecule has 1 aromatic carbocycles. The standard InChI is InChI=1S/C19H23N7O2.2ClH/c27-19(16-11-26(25-24-16)13-5-7-20-8-6-13)21-12-3-4-14-15(10-12)23-18(22-14)17-2-1-9-28-17;;/h3-4,10-11,13,17,20H,1-2,5-9H2,(H,21,27)(H,22,23);2*1H. The van der Waals surface area contributed by atoms with Gasteiger partial charge in [0.05, 0.1) is 23.3 Å². The highest BCUT2D eigenvalue weighted by atomic mass is 35.5. The quantitative estimate of drug-likeness (QED) is 0.559. The first-order valence-corrected chi connectivity index (χ1v) is 9.81. The lowest BCUT2D eigenvalue weighted by atomic mass is 10.1. The van der Waals surface area contributed by atoms with Crippen LogP contribution in [0.15, 0.2) is 24.4 Å². The SMILES string of the molecule is Cl.Cl.O=C(Nc1ccc2nc(C3CCCO3)[nH]c2c1)c1cn(C2CCNCC2)nn1. The fourth-order valence-electron chi connectivity index (χ4n) is 3.88. The molecule has 11 heteroatoms. The number of H-pyrrole nitrogens is 1. The summed E-state index contributed by atoms with van der Waals surface area (Å²) >= 11 is 0. The molecule has 30 heavy (non-hydrogen) atoms. The molecule has 3 N–H and O–H groups in total. The maximum Gasteiger partial charge on any atom is 0.277 e. The first kappa shape index (κ1) is 22.5. The summed E-state index contributed by atoms with van der Waals surface area (Å²) in [5.41, 5.74) is 2.75. The van der Waals surface area contributed by atoms with Gasteiger partial charge in [-0.15, -0.1) is 29.9 Å². The third kappa shape index (κ3) is 4.59. The van der Waals surface area contributed by atoms with E-state index in [1.807, 2.05) is 22.9 Å². The minimum Gasteiger partial charge on any atom is -0.370 e. The van der Waals surface area contributed by atoms with Crippen LogP contribution in [0.1, 0.15) is 54.1 Å². The molecule has 0 bridgehead atoms. The Bertz CT molecular complexity index is 994. The average molecular weight is 454 g/mol. The molecule has 0 spiro atoms. The zero-order chi connectivity index (χ0) is 18.9. The number of halogens is 2. The van der Waals surface area contributed by atoms with E-state index in [9.17, 15) is 4.79 Å². The molecule has 1 atom stereocenters. The normalized spacial score (nSPS) is 19.3. The van der Waals surface area contributed by atoms with Crippen LogP contribution in [-0.2, 0) is 4.74 Å². The molecule has 0 radical (unpaired) electrons. The molecule has 0 aliphatic carbocycles. The Balaban J connectivity index is 0.00000128. The first-order chi connectivity index (χ1) is 13.8. The Morgan fingerprint density at radius 1 is 1.20 bits per heavy atom. The zero-order valence-corrected chi connectivity index (χ0v) is 18.0. The number of carbonyl (C=O) groups excluding carboxylic acids is 1. The lowest BCUT2D eigenvalue weighted by Gasteiger charge is -2.22. The van der Waals surface area contributed by atoms with Gasteiger partial charge in [-0.2, -0.15) is 0 Å². The van der Waals surface area contributed by atoms with Gasteiger partial charge in [0.15, 0.2) is 5.69 Å². The second kappa shape index (κ2) is 9.74. The van der Waals surface area contributed by atoms with Crippen molar-refractivity contribution in [3.8, 4) is 0 Å². The predicted molar refractivity (Wildman–Crippen MR) is 118 cm³/mol. The van der Waals surface area contributed by atoms with Crippen LogP contribution in [0.2, 0.25) is 0 Å². The Morgan fingerprint density at radius 3 is 2.80 bits per heavy atom. The lowest BCUT2D eigenvalue weighted by Crippen LogP contribution is -2.29. The van der Waals surface area contributed by atoms with Crippen LogP contribution in [-0.4, -0.2) is 50.6 Å². The summed E-state index contributed by atoms with van der Waals surface area (Å²) in [6.07, 6.45) is 5.80. The maximum absolute atomic E-state index is 12.6. The zero-order valence-electron chi connectivity index (χ0n) is 16.3. The van der Waals surface area contributed by atoms with Crippen LogP contribution < -0.4 is 10.6 Å². The fraction of sp³-hybridized carbons (Fsp3) is 0.474. The van der Waals surface area contributed by atoms with Crippen LogP contribution in [0.5, 0.6) is 0 Å². The number of benzene rings is 1.